The molecule has 3 aromatic rings. The van der Waals surface area contributed by atoms with Gasteiger partial charge in [-0.15, -0.1) is 0 Å². The van der Waals surface area contributed by atoms with Gasteiger partial charge in [0.05, 0.1) is 17.9 Å². The highest BCUT2D eigenvalue weighted by Gasteiger charge is 2.27. The fourth-order valence-corrected chi connectivity index (χ4v) is 4.68. The number of nitrogen functional groups attached to an aromatic ring is 1. The van der Waals surface area contributed by atoms with Gasteiger partial charge in [0.1, 0.15) is 17.6 Å². The van der Waals surface area contributed by atoms with E-state index in [9.17, 15) is 14.4 Å². The predicted molar refractivity (Wildman–Crippen MR) is 140 cm³/mol. The van der Waals surface area contributed by atoms with Crippen LogP contribution in [0.1, 0.15) is 40.9 Å². The van der Waals surface area contributed by atoms with Gasteiger partial charge in [-0.1, -0.05) is 12.1 Å². The van der Waals surface area contributed by atoms with Crippen molar-refractivity contribution in [3.63, 3.8) is 0 Å². The van der Waals surface area contributed by atoms with Crippen molar-refractivity contribution in [2.75, 3.05) is 39.6 Å². The van der Waals surface area contributed by atoms with E-state index in [2.05, 4.69) is 4.99 Å². The average molecular weight is 488 g/mol. The molecule has 4 rings (SSSR count). The number of nitrogens with zero attached hydrogens (tertiary/aromatic N) is 4. The van der Waals surface area contributed by atoms with Crippen LogP contribution in [0.4, 0.5) is 10.1 Å². The van der Waals surface area contributed by atoms with Crippen molar-refractivity contribution in [1.82, 2.24) is 9.47 Å². The van der Waals surface area contributed by atoms with Gasteiger partial charge in [0.25, 0.3) is 5.91 Å². The summed E-state index contributed by atoms with van der Waals surface area (Å²) in [6, 6.07) is 13.8. The molecule has 0 bridgehead atoms. The summed E-state index contributed by atoms with van der Waals surface area (Å²) in [7, 11) is 3.29. The Hall–Kier alpha value is -3.96. The highest BCUT2D eigenvalue weighted by atomic mass is 19.1. The first-order chi connectivity index (χ1) is 17.5. The third-order valence-corrected chi connectivity index (χ3v) is 6.51. The van der Waals surface area contributed by atoms with Crippen LogP contribution < -0.4 is 5.73 Å². The van der Waals surface area contributed by atoms with Crippen molar-refractivity contribution < 1.29 is 13.9 Å². The fourth-order valence-electron chi connectivity index (χ4n) is 4.68. The molecule has 2 aromatic carbocycles. The molecule has 1 saturated heterocycles. The van der Waals surface area contributed by atoms with Crippen LogP contribution in [0, 0.1) is 17.1 Å². The Morgan fingerprint density at radius 3 is 2.58 bits per heavy atom. The Morgan fingerprint density at radius 2 is 1.92 bits per heavy atom. The summed E-state index contributed by atoms with van der Waals surface area (Å²) >= 11 is 0. The minimum absolute atomic E-state index is 0.0299. The zero-order chi connectivity index (χ0) is 25.7. The molecular weight excluding hydrogens is 457 g/mol. The summed E-state index contributed by atoms with van der Waals surface area (Å²) in [5.41, 5.74) is 10.8. The normalized spacial score (nSPS) is 13.8. The van der Waals surface area contributed by atoms with E-state index in [4.69, 9.17) is 10.5 Å². The van der Waals surface area contributed by atoms with Crippen molar-refractivity contribution in [2.45, 2.75) is 25.8 Å². The molecular formula is C28H30FN5O2. The summed E-state index contributed by atoms with van der Waals surface area (Å²) < 4.78 is 22.0. The minimum atomic E-state index is -0.606. The number of aromatic nitrogens is 1. The lowest BCUT2D eigenvalue weighted by atomic mass is 9.98. The first kappa shape index (κ1) is 25.1. The molecule has 1 aliphatic heterocycles. The molecule has 0 unspecified atom stereocenters. The lowest BCUT2D eigenvalue weighted by Gasteiger charge is -2.27. The standard InChI is InChI=1S/C28H30FN5O2/c1-32-18-22-14-20(8-9-25(22)31)27-23(19-6-7-21(17-30)24(29)15-19)16-26(34(27)12-13-36-2)28(35)33-10-4-3-5-11-33/h6-9,14-16,18H,3-5,10-13,31H2,1-2H3. The Labute approximate surface area is 210 Å². The zero-order valence-corrected chi connectivity index (χ0v) is 20.6. The van der Waals surface area contributed by atoms with Crippen molar-refractivity contribution in [3.8, 4) is 28.5 Å². The molecule has 1 fully saturated rings. The first-order valence-corrected chi connectivity index (χ1v) is 12.0. The number of piperidine rings is 1. The number of anilines is 1. The number of halogens is 1. The number of nitriles is 1. The van der Waals surface area contributed by atoms with E-state index >= 15 is 0 Å². The highest BCUT2D eigenvalue weighted by Crippen LogP contribution is 2.37. The topological polar surface area (TPSA) is 96.6 Å². The Kier molecular flexibility index (Phi) is 7.81. The Morgan fingerprint density at radius 1 is 1.17 bits per heavy atom. The summed E-state index contributed by atoms with van der Waals surface area (Å²) in [5.74, 6) is -0.663. The highest BCUT2D eigenvalue weighted by molar-refractivity contribution is 5.99. The molecule has 36 heavy (non-hydrogen) atoms. The summed E-state index contributed by atoms with van der Waals surface area (Å²) in [6.45, 7) is 2.25. The molecule has 2 heterocycles. The van der Waals surface area contributed by atoms with E-state index in [1.165, 1.54) is 12.1 Å². The molecule has 1 aromatic heterocycles. The molecule has 8 heteroatoms. The number of ether oxygens (including phenoxy) is 1. The summed E-state index contributed by atoms with van der Waals surface area (Å²) in [6.07, 6.45) is 4.75. The van der Waals surface area contributed by atoms with E-state index in [0.717, 1.165) is 36.1 Å². The Balaban J connectivity index is 1.97. The van der Waals surface area contributed by atoms with Crippen molar-refractivity contribution in [1.29, 1.82) is 5.26 Å². The van der Waals surface area contributed by atoms with E-state index < -0.39 is 5.82 Å². The summed E-state index contributed by atoms with van der Waals surface area (Å²) in [5, 5.41) is 9.20. The van der Waals surface area contributed by atoms with E-state index in [-0.39, 0.29) is 11.5 Å². The first-order valence-electron chi connectivity index (χ1n) is 12.0. The van der Waals surface area contributed by atoms with Crippen molar-refractivity contribution in [2.24, 2.45) is 4.99 Å². The molecule has 0 atom stereocenters. The van der Waals surface area contributed by atoms with E-state index in [0.29, 0.717) is 48.7 Å². The SMILES string of the molecule is CN=Cc1cc(-c2c(-c3ccc(C#N)c(F)c3)cc(C(=O)N3CCCCC3)n2CCOC)ccc1N. The number of amides is 1. The van der Waals surface area contributed by atoms with Crippen LogP contribution in [-0.2, 0) is 11.3 Å². The number of hydrogen-bond donors (Lipinski definition) is 1. The van der Waals surface area contributed by atoms with E-state index in [1.807, 2.05) is 33.7 Å². The molecule has 1 amide bonds. The number of carbonyl (C=O) groups excluding carboxylic acids is 1. The van der Waals surface area contributed by atoms with Gasteiger partial charge in [-0.3, -0.25) is 9.79 Å². The van der Waals surface area contributed by atoms with Gasteiger partial charge in [0.15, 0.2) is 0 Å². The molecule has 186 valence electrons. The number of benzene rings is 2. The fraction of sp³-hybridized carbons (Fsp3) is 0.321. The summed E-state index contributed by atoms with van der Waals surface area (Å²) in [4.78, 5) is 19.7. The third-order valence-electron chi connectivity index (χ3n) is 6.51. The predicted octanol–water partition coefficient (Wildman–Crippen LogP) is 4.74. The van der Waals surface area contributed by atoms with Gasteiger partial charge in [-0.2, -0.15) is 5.26 Å². The molecule has 0 radical (unpaired) electrons. The quantitative estimate of drug-likeness (QED) is 0.385. The second-order valence-corrected chi connectivity index (χ2v) is 8.83. The lowest BCUT2D eigenvalue weighted by molar-refractivity contribution is 0.0711. The second kappa shape index (κ2) is 11.2. The maximum atomic E-state index is 14.7. The number of methoxy groups -OCH3 is 1. The zero-order valence-electron chi connectivity index (χ0n) is 20.6. The molecule has 0 saturated carbocycles. The van der Waals surface area contributed by atoms with Gasteiger partial charge in [-0.05, 0) is 60.7 Å². The number of likely N-dealkylation sites (tertiary alicyclic amines) is 1. The van der Waals surface area contributed by atoms with Gasteiger partial charge in [0, 0.05) is 56.8 Å². The van der Waals surface area contributed by atoms with Crippen LogP contribution in [0.2, 0.25) is 0 Å². The molecule has 1 aliphatic rings. The largest absolute Gasteiger partial charge is 0.398 e. The lowest BCUT2D eigenvalue weighted by Crippen LogP contribution is -2.36. The van der Waals surface area contributed by atoms with E-state index in [1.54, 1.807) is 32.5 Å². The number of rotatable bonds is 7. The van der Waals surface area contributed by atoms with Crippen LogP contribution in [0.3, 0.4) is 0 Å². The second-order valence-electron chi connectivity index (χ2n) is 8.83. The number of aliphatic imine (C=N–C) groups is 1. The monoisotopic (exact) mass is 487 g/mol. The number of hydrogen-bond acceptors (Lipinski definition) is 5. The molecule has 2 N–H and O–H groups in total. The van der Waals surface area contributed by atoms with Gasteiger partial charge < -0.3 is 19.9 Å². The number of nitrogens with two attached hydrogens (primary N) is 1. The van der Waals surface area contributed by atoms with Gasteiger partial charge in [-0.25, -0.2) is 4.39 Å². The van der Waals surface area contributed by atoms with Crippen LogP contribution in [0.25, 0.3) is 22.4 Å². The van der Waals surface area contributed by atoms with Gasteiger partial charge >= 0.3 is 0 Å². The van der Waals surface area contributed by atoms with Crippen LogP contribution >= 0.6 is 0 Å². The van der Waals surface area contributed by atoms with Crippen LogP contribution in [0.15, 0.2) is 47.5 Å². The number of carbonyl (C=O) groups is 1. The average Bonchev–Trinajstić information content (AvgIpc) is 3.28. The molecule has 0 aliphatic carbocycles. The third kappa shape index (κ3) is 5.02. The minimum Gasteiger partial charge on any atom is -0.398 e. The Bertz CT molecular complexity index is 1330. The maximum absolute atomic E-state index is 14.7. The van der Waals surface area contributed by atoms with Crippen molar-refractivity contribution in [3.05, 3.63) is 65.1 Å². The van der Waals surface area contributed by atoms with Crippen LogP contribution in [0.5, 0.6) is 0 Å². The van der Waals surface area contributed by atoms with Crippen LogP contribution in [-0.4, -0.2) is 55.4 Å². The molecule has 0 spiro atoms. The smallest absolute Gasteiger partial charge is 0.270 e. The maximum Gasteiger partial charge on any atom is 0.270 e. The van der Waals surface area contributed by atoms with Crippen molar-refractivity contribution >= 4 is 17.8 Å². The molecule has 7 nitrogen and oxygen atoms in total. The van der Waals surface area contributed by atoms with Gasteiger partial charge in [0.2, 0.25) is 0 Å².